The number of aromatic amines is 1. The predicted octanol–water partition coefficient (Wildman–Crippen LogP) is 3.64. The smallest absolute Gasteiger partial charge is 0.242 e. The molecule has 0 aliphatic rings. The van der Waals surface area contributed by atoms with E-state index in [4.69, 9.17) is 16.3 Å². The second-order valence-electron chi connectivity index (χ2n) is 5.66. The molecular weight excluding hydrogens is 394 g/mol. The van der Waals surface area contributed by atoms with E-state index in [1.54, 1.807) is 36.0 Å². The molecule has 0 saturated heterocycles. The Morgan fingerprint density at radius 1 is 1.19 bits per heavy atom. The fraction of sp³-hybridized carbons (Fsp3) is 0.235. The van der Waals surface area contributed by atoms with Gasteiger partial charge < -0.3 is 9.72 Å². The molecular formula is C17H18ClN3O3S2. The van der Waals surface area contributed by atoms with Crippen LogP contribution in [0, 0.1) is 0 Å². The second-order valence-corrected chi connectivity index (χ2v) is 9.33. The lowest BCUT2D eigenvalue weighted by Crippen LogP contribution is -2.22. The van der Waals surface area contributed by atoms with E-state index in [1.807, 2.05) is 18.2 Å². The van der Waals surface area contributed by atoms with Crippen molar-refractivity contribution >= 4 is 44.4 Å². The van der Waals surface area contributed by atoms with Gasteiger partial charge in [0.2, 0.25) is 10.0 Å². The molecule has 0 amide bonds. The van der Waals surface area contributed by atoms with Crippen LogP contribution in [0.3, 0.4) is 0 Å². The van der Waals surface area contributed by atoms with Gasteiger partial charge in [0.05, 0.1) is 22.5 Å². The molecule has 0 saturated carbocycles. The van der Waals surface area contributed by atoms with Crippen LogP contribution in [0.15, 0.2) is 52.5 Å². The Labute approximate surface area is 161 Å². The SMILES string of the molecule is CN(C)S(=O)(=O)c1ccc(OCCSc2nc3ccc(Cl)cc3[nH]2)cc1. The summed E-state index contributed by atoms with van der Waals surface area (Å²) in [7, 11) is -0.413. The van der Waals surface area contributed by atoms with Crippen LogP contribution in [0.2, 0.25) is 5.02 Å². The first kappa shape index (κ1) is 19.0. The zero-order chi connectivity index (χ0) is 18.7. The summed E-state index contributed by atoms with van der Waals surface area (Å²) < 4.78 is 30.9. The molecule has 0 unspecified atom stereocenters. The molecule has 3 aromatic rings. The topological polar surface area (TPSA) is 75.3 Å². The number of H-pyrrole nitrogens is 1. The van der Waals surface area contributed by atoms with Crippen LogP contribution in [0.4, 0.5) is 0 Å². The number of thioether (sulfide) groups is 1. The van der Waals surface area contributed by atoms with E-state index in [2.05, 4.69) is 9.97 Å². The standard InChI is InChI=1S/C17H18ClN3O3S2/c1-21(2)26(22,23)14-6-4-13(5-7-14)24-9-10-25-17-19-15-8-3-12(18)11-16(15)20-17/h3-8,11H,9-10H2,1-2H3,(H,19,20). The van der Waals surface area contributed by atoms with Gasteiger partial charge in [-0.25, -0.2) is 17.7 Å². The van der Waals surface area contributed by atoms with E-state index >= 15 is 0 Å². The number of halogens is 1. The van der Waals surface area contributed by atoms with E-state index in [1.165, 1.54) is 18.4 Å². The summed E-state index contributed by atoms with van der Waals surface area (Å²) >= 11 is 7.51. The maximum atomic E-state index is 12.0. The van der Waals surface area contributed by atoms with Gasteiger partial charge in [-0.3, -0.25) is 0 Å². The maximum absolute atomic E-state index is 12.0. The van der Waals surface area contributed by atoms with Gasteiger partial charge in [-0.15, -0.1) is 0 Å². The van der Waals surface area contributed by atoms with Crippen LogP contribution in [0.5, 0.6) is 5.75 Å². The van der Waals surface area contributed by atoms with Crippen molar-refractivity contribution in [2.75, 3.05) is 26.5 Å². The molecule has 26 heavy (non-hydrogen) atoms. The highest BCUT2D eigenvalue weighted by Crippen LogP contribution is 2.23. The van der Waals surface area contributed by atoms with Crippen molar-refractivity contribution in [3.05, 3.63) is 47.5 Å². The number of nitrogens with zero attached hydrogens (tertiary/aromatic N) is 2. The number of imidazole rings is 1. The lowest BCUT2D eigenvalue weighted by molar-refractivity contribution is 0.343. The molecule has 2 aromatic carbocycles. The van der Waals surface area contributed by atoms with Gasteiger partial charge in [0.25, 0.3) is 0 Å². The summed E-state index contributed by atoms with van der Waals surface area (Å²) in [6.45, 7) is 0.474. The summed E-state index contributed by atoms with van der Waals surface area (Å²) in [6, 6.07) is 11.9. The first-order valence-corrected chi connectivity index (χ1v) is 10.6. The van der Waals surface area contributed by atoms with Crippen molar-refractivity contribution < 1.29 is 13.2 Å². The summed E-state index contributed by atoms with van der Waals surface area (Å²) in [4.78, 5) is 7.93. The number of hydrogen-bond acceptors (Lipinski definition) is 5. The zero-order valence-electron chi connectivity index (χ0n) is 14.3. The van der Waals surface area contributed by atoms with E-state index in [9.17, 15) is 8.42 Å². The highest BCUT2D eigenvalue weighted by atomic mass is 35.5. The molecule has 3 rings (SSSR count). The van der Waals surface area contributed by atoms with Crippen molar-refractivity contribution in [2.45, 2.75) is 10.1 Å². The Bertz CT molecular complexity index is 1000. The predicted molar refractivity (Wildman–Crippen MR) is 105 cm³/mol. The lowest BCUT2D eigenvalue weighted by Gasteiger charge is -2.12. The molecule has 0 atom stereocenters. The normalized spacial score (nSPS) is 12.0. The Kier molecular flexibility index (Phi) is 5.76. The number of nitrogens with one attached hydrogen (secondary N) is 1. The number of benzene rings is 2. The number of hydrogen-bond donors (Lipinski definition) is 1. The van der Waals surface area contributed by atoms with Crippen molar-refractivity contribution in [3.8, 4) is 5.75 Å². The maximum Gasteiger partial charge on any atom is 0.242 e. The third-order valence-electron chi connectivity index (χ3n) is 3.62. The number of sulfonamides is 1. The van der Waals surface area contributed by atoms with Crippen LogP contribution in [0.25, 0.3) is 11.0 Å². The molecule has 1 aromatic heterocycles. The highest BCUT2D eigenvalue weighted by Gasteiger charge is 2.16. The first-order chi connectivity index (χ1) is 12.4. The summed E-state index contributed by atoms with van der Waals surface area (Å²) in [5.74, 6) is 1.32. The van der Waals surface area contributed by atoms with Gasteiger partial charge in [-0.1, -0.05) is 23.4 Å². The van der Waals surface area contributed by atoms with Gasteiger partial charge in [-0.05, 0) is 42.5 Å². The minimum Gasteiger partial charge on any atom is -0.493 e. The van der Waals surface area contributed by atoms with Gasteiger partial charge in [0, 0.05) is 24.9 Å². The first-order valence-electron chi connectivity index (χ1n) is 7.80. The van der Waals surface area contributed by atoms with Crippen LogP contribution in [-0.4, -0.2) is 49.1 Å². The third kappa shape index (κ3) is 4.32. The molecule has 0 fully saturated rings. The average Bonchev–Trinajstić information content (AvgIpc) is 3.01. The molecule has 0 radical (unpaired) electrons. The number of ether oxygens (including phenoxy) is 1. The minimum absolute atomic E-state index is 0.241. The van der Waals surface area contributed by atoms with Crippen molar-refractivity contribution in [1.82, 2.24) is 14.3 Å². The third-order valence-corrected chi connectivity index (χ3v) is 6.52. The summed E-state index contributed by atoms with van der Waals surface area (Å²) in [5.41, 5.74) is 1.77. The lowest BCUT2D eigenvalue weighted by atomic mass is 10.3. The van der Waals surface area contributed by atoms with Crippen molar-refractivity contribution in [2.24, 2.45) is 0 Å². The van der Waals surface area contributed by atoms with Crippen molar-refractivity contribution in [3.63, 3.8) is 0 Å². The molecule has 0 aliphatic carbocycles. The number of aromatic nitrogens is 2. The Morgan fingerprint density at radius 3 is 2.62 bits per heavy atom. The molecule has 0 aliphatic heterocycles. The Hall–Kier alpha value is -1.74. The fourth-order valence-electron chi connectivity index (χ4n) is 2.24. The van der Waals surface area contributed by atoms with E-state index in [-0.39, 0.29) is 4.90 Å². The van der Waals surface area contributed by atoms with Crippen LogP contribution >= 0.6 is 23.4 Å². The molecule has 0 bridgehead atoms. The largest absolute Gasteiger partial charge is 0.493 e. The van der Waals surface area contributed by atoms with E-state index < -0.39 is 10.0 Å². The van der Waals surface area contributed by atoms with Crippen molar-refractivity contribution in [1.29, 1.82) is 0 Å². The zero-order valence-corrected chi connectivity index (χ0v) is 16.7. The molecule has 1 N–H and O–H groups in total. The van der Waals surface area contributed by atoms with Gasteiger partial charge >= 0.3 is 0 Å². The second kappa shape index (κ2) is 7.87. The average molecular weight is 412 g/mol. The summed E-state index contributed by atoms with van der Waals surface area (Å²) in [6.07, 6.45) is 0. The quantitative estimate of drug-likeness (QED) is 0.474. The monoisotopic (exact) mass is 411 g/mol. The van der Waals surface area contributed by atoms with Gasteiger partial charge in [0.15, 0.2) is 5.16 Å². The van der Waals surface area contributed by atoms with E-state index in [0.717, 1.165) is 16.2 Å². The Balaban J connectivity index is 1.53. The number of fused-ring (bicyclic) bond motifs is 1. The van der Waals surface area contributed by atoms with E-state index in [0.29, 0.717) is 23.1 Å². The molecule has 1 heterocycles. The molecule has 9 heteroatoms. The summed E-state index contributed by atoms with van der Waals surface area (Å²) in [5, 5.41) is 1.47. The fourth-order valence-corrected chi connectivity index (χ4v) is 4.02. The van der Waals surface area contributed by atoms with Crippen LogP contribution in [-0.2, 0) is 10.0 Å². The number of rotatable bonds is 7. The van der Waals surface area contributed by atoms with Crippen LogP contribution in [0.1, 0.15) is 0 Å². The Morgan fingerprint density at radius 2 is 1.92 bits per heavy atom. The van der Waals surface area contributed by atoms with Gasteiger partial charge in [-0.2, -0.15) is 0 Å². The molecule has 6 nitrogen and oxygen atoms in total. The molecule has 138 valence electrons. The van der Waals surface area contributed by atoms with Gasteiger partial charge in [0.1, 0.15) is 5.75 Å². The molecule has 0 spiro atoms. The minimum atomic E-state index is -3.42. The highest BCUT2D eigenvalue weighted by molar-refractivity contribution is 7.99. The van der Waals surface area contributed by atoms with Crippen LogP contribution < -0.4 is 4.74 Å².